The summed E-state index contributed by atoms with van der Waals surface area (Å²) in [5.41, 5.74) is 4.67. The van der Waals surface area contributed by atoms with Crippen LogP contribution in [0.25, 0.3) is 0 Å². The summed E-state index contributed by atoms with van der Waals surface area (Å²) < 4.78 is 0. The number of hydrogen-bond donors (Lipinski definition) is 2. The van der Waals surface area contributed by atoms with Crippen LogP contribution >= 0.6 is 0 Å². The molecule has 1 fully saturated rings. The van der Waals surface area contributed by atoms with E-state index in [0.717, 1.165) is 36.1 Å². The molecule has 2 aromatic carbocycles. The number of carbonyl (C=O) groups is 3. The summed E-state index contributed by atoms with van der Waals surface area (Å²) in [4.78, 5) is 39.2. The Morgan fingerprint density at radius 2 is 1.76 bits per heavy atom. The van der Waals surface area contributed by atoms with Crippen LogP contribution in [0.4, 0.5) is 10.5 Å². The maximum Gasteiger partial charge on any atom is 0.325 e. The molecule has 1 aliphatic heterocycles. The van der Waals surface area contributed by atoms with E-state index in [9.17, 15) is 14.4 Å². The molecule has 29 heavy (non-hydrogen) atoms. The van der Waals surface area contributed by atoms with Gasteiger partial charge in [0.25, 0.3) is 5.91 Å². The molecule has 0 saturated carbocycles. The highest BCUT2D eigenvalue weighted by Gasteiger charge is 2.52. The van der Waals surface area contributed by atoms with Crippen molar-refractivity contribution in [3.8, 4) is 0 Å². The highest BCUT2D eigenvalue weighted by atomic mass is 16.2. The first-order valence-electron chi connectivity index (χ1n) is 10.2. The highest BCUT2D eigenvalue weighted by Crippen LogP contribution is 2.33. The first kappa shape index (κ1) is 17.9. The molecule has 2 aromatic rings. The van der Waals surface area contributed by atoms with Gasteiger partial charge in [-0.3, -0.25) is 14.5 Å². The van der Waals surface area contributed by atoms with Crippen LogP contribution in [0.1, 0.15) is 35.1 Å². The van der Waals surface area contributed by atoms with Crippen molar-refractivity contribution in [2.75, 3.05) is 11.9 Å². The molecule has 1 spiro atoms. The topological polar surface area (TPSA) is 78.5 Å². The van der Waals surface area contributed by atoms with Gasteiger partial charge in [-0.2, -0.15) is 0 Å². The lowest BCUT2D eigenvalue weighted by atomic mass is 9.78. The zero-order valence-corrected chi connectivity index (χ0v) is 16.2. The molecule has 5 rings (SSSR count). The normalized spacial score (nSPS) is 22.4. The summed E-state index contributed by atoms with van der Waals surface area (Å²) in [6.45, 7) is -0.273. The number of rotatable bonds is 3. The third kappa shape index (κ3) is 3.09. The van der Waals surface area contributed by atoms with Crippen molar-refractivity contribution in [2.24, 2.45) is 0 Å². The van der Waals surface area contributed by atoms with Crippen molar-refractivity contribution >= 4 is 23.5 Å². The maximum atomic E-state index is 13.1. The molecule has 4 amide bonds. The fraction of sp³-hybridized carbons (Fsp3) is 0.348. The second-order valence-corrected chi connectivity index (χ2v) is 8.23. The zero-order valence-electron chi connectivity index (χ0n) is 16.2. The van der Waals surface area contributed by atoms with Gasteiger partial charge >= 0.3 is 6.03 Å². The molecule has 1 saturated heterocycles. The van der Waals surface area contributed by atoms with Crippen LogP contribution < -0.4 is 10.6 Å². The molecule has 0 aromatic heterocycles. The molecule has 0 radical (unpaired) electrons. The lowest BCUT2D eigenvalue weighted by molar-refractivity contribution is -0.134. The van der Waals surface area contributed by atoms with Gasteiger partial charge in [0, 0.05) is 12.1 Å². The van der Waals surface area contributed by atoms with Gasteiger partial charge in [-0.1, -0.05) is 30.3 Å². The Morgan fingerprint density at radius 1 is 1.00 bits per heavy atom. The SMILES string of the molecule is O=C(CN1C(=O)N[C@]2(CCc3ccccc3C2)C1=O)Nc1ccc2c(c1)CCC2. The number of benzene rings is 2. The molecular formula is C23H23N3O3. The van der Waals surface area contributed by atoms with Crippen molar-refractivity contribution in [1.29, 1.82) is 0 Å². The molecular weight excluding hydrogens is 366 g/mol. The lowest BCUT2D eigenvalue weighted by Crippen LogP contribution is -2.51. The molecule has 1 heterocycles. The minimum absolute atomic E-state index is 0.273. The summed E-state index contributed by atoms with van der Waals surface area (Å²) >= 11 is 0. The number of carbonyl (C=O) groups excluding carboxylic acids is 3. The first-order chi connectivity index (χ1) is 14.0. The van der Waals surface area contributed by atoms with Crippen molar-refractivity contribution in [2.45, 2.75) is 44.1 Å². The second kappa shape index (κ2) is 6.72. The molecule has 0 bridgehead atoms. The fourth-order valence-corrected chi connectivity index (χ4v) is 4.84. The van der Waals surface area contributed by atoms with Gasteiger partial charge in [-0.25, -0.2) is 4.79 Å². The molecule has 6 nitrogen and oxygen atoms in total. The number of nitrogens with zero attached hydrogens (tertiary/aromatic N) is 1. The largest absolute Gasteiger partial charge is 0.325 e. The molecule has 3 aliphatic rings. The number of amides is 4. The fourth-order valence-electron chi connectivity index (χ4n) is 4.84. The Balaban J connectivity index is 1.29. The van der Waals surface area contributed by atoms with Gasteiger partial charge in [0.2, 0.25) is 5.91 Å². The van der Waals surface area contributed by atoms with Crippen LogP contribution in [0.15, 0.2) is 42.5 Å². The minimum atomic E-state index is -0.931. The van der Waals surface area contributed by atoms with Crippen molar-refractivity contribution in [3.63, 3.8) is 0 Å². The summed E-state index contributed by atoms with van der Waals surface area (Å²) in [7, 11) is 0. The van der Waals surface area contributed by atoms with Crippen LogP contribution in [0.2, 0.25) is 0 Å². The predicted molar refractivity (Wildman–Crippen MR) is 109 cm³/mol. The predicted octanol–water partition coefficient (Wildman–Crippen LogP) is 2.59. The van der Waals surface area contributed by atoms with E-state index in [2.05, 4.69) is 16.7 Å². The molecule has 6 heteroatoms. The third-order valence-corrected chi connectivity index (χ3v) is 6.36. The van der Waals surface area contributed by atoms with Crippen LogP contribution in [-0.4, -0.2) is 34.8 Å². The smallest absolute Gasteiger partial charge is 0.325 e. The van der Waals surface area contributed by atoms with Gasteiger partial charge in [0.1, 0.15) is 12.1 Å². The van der Waals surface area contributed by atoms with E-state index in [4.69, 9.17) is 0 Å². The summed E-state index contributed by atoms with van der Waals surface area (Å²) in [6.07, 6.45) is 5.00. The average Bonchev–Trinajstić information content (AvgIpc) is 3.26. The van der Waals surface area contributed by atoms with Gasteiger partial charge in [0.15, 0.2) is 0 Å². The number of fused-ring (bicyclic) bond motifs is 2. The van der Waals surface area contributed by atoms with E-state index in [0.29, 0.717) is 18.5 Å². The summed E-state index contributed by atoms with van der Waals surface area (Å²) in [5.74, 6) is -0.666. The Morgan fingerprint density at radius 3 is 2.62 bits per heavy atom. The monoisotopic (exact) mass is 389 g/mol. The van der Waals surface area contributed by atoms with Gasteiger partial charge in [0.05, 0.1) is 0 Å². The molecule has 2 aliphatic carbocycles. The van der Waals surface area contributed by atoms with Gasteiger partial charge < -0.3 is 10.6 Å². The Bertz CT molecular complexity index is 1030. The van der Waals surface area contributed by atoms with Crippen LogP contribution in [0.5, 0.6) is 0 Å². The number of imide groups is 1. The van der Waals surface area contributed by atoms with E-state index in [1.54, 1.807) is 0 Å². The van der Waals surface area contributed by atoms with E-state index < -0.39 is 11.6 Å². The molecule has 1 atom stereocenters. The van der Waals surface area contributed by atoms with Crippen molar-refractivity contribution in [3.05, 3.63) is 64.7 Å². The van der Waals surface area contributed by atoms with E-state index >= 15 is 0 Å². The van der Waals surface area contributed by atoms with E-state index in [1.165, 1.54) is 16.7 Å². The zero-order chi connectivity index (χ0) is 20.0. The minimum Gasteiger partial charge on any atom is -0.325 e. The number of anilines is 1. The summed E-state index contributed by atoms with van der Waals surface area (Å²) in [5, 5.41) is 5.70. The number of hydrogen-bond acceptors (Lipinski definition) is 3. The molecule has 148 valence electrons. The van der Waals surface area contributed by atoms with E-state index in [-0.39, 0.29) is 18.4 Å². The molecule has 2 N–H and O–H groups in total. The second-order valence-electron chi connectivity index (χ2n) is 8.23. The van der Waals surface area contributed by atoms with Crippen LogP contribution in [0.3, 0.4) is 0 Å². The summed E-state index contributed by atoms with van der Waals surface area (Å²) in [6, 6.07) is 13.4. The van der Waals surface area contributed by atoms with Crippen molar-refractivity contribution in [1.82, 2.24) is 10.2 Å². The Labute approximate surface area is 169 Å². The van der Waals surface area contributed by atoms with Crippen LogP contribution in [-0.2, 0) is 35.3 Å². The quantitative estimate of drug-likeness (QED) is 0.792. The Kier molecular flexibility index (Phi) is 4.15. The first-order valence-corrected chi connectivity index (χ1v) is 10.2. The maximum absolute atomic E-state index is 13.1. The number of urea groups is 1. The van der Waals surface area contributed by atoms with Crippen molar-refractivity contribution < 1.29 is 14.4 Å². The molecule has 0 unspecified atom stereocenters. The number of aryl methyl sites for hydroxylation is 3. The lowest BCUT2D eigenvalue weighted by Gasteiger charge is -2.32. The standard InChI is InChI=1S/C23H23N3O3/c27-20(24-19-9-8-15-6-3-7-17(15)12-19)14-26-21(28)23(25-22(26)29)11-10-16-4-1-2-5-18(16)13-23/h1-2,4-5,8-9,12H,3,6-7,10-11,13-14H2,(H,24,27)(H,25,29)/t23-/m0/s1. The highest BCUT2D eigenvalue weighted by molar-refractivity contribution is 6.10. The van der Waals surface area contributed by atoms with Gasteiger partial charge in [-0.05, 0) is 66.5 Å². The average molecular weight is 389 g/mol. The van der Waals surface area contributed by atoms with E-state index in [1.807, 2.05) is 36.4 Å². The number of nitrogens with one attached hydrogen (secondary N) is 2. The Hall–Kier alpha value is -3.15. The third-order valence-electron chi connectivity index (χ3n) is 6.36. The van der Waals surface area contributed by atoms with Crippen LogP contribution in [0, 0.1) is 0 Å². The van der Waals surface area contributed by atoms with Gasteiger partial charge in [-0.15, -0.1) is 0 Å².